The van der Waals surface area contributed by atoms with Crippen LogP contribution in [0.4, 0.5) is 0 Å². The second-order valence-electron chi connectivity index (χ2n) is 7.36. The van der Waals surface area contributed by atoms with E-state index in [1.54, 1.807) is 11.3 Å². The summed E-state index contributed by atoms with van der Waals surface area (Å²) >= 11 is 1.59. The second-order valence-corrected chi connectivity index (χ2v) is 8.25. The molecule has 0 atom stereocenters. The van der Waals surface area contributed by atoms with Gasteiger partial charge in [-0.15, -0.1) is 16.0 Å². The van der Waals surface area contributed by atoms with E-state index in [4.69, 9.17) is 4.74 Å². The standard InChI is InChI=1S/C20H25N2O3S/c1-14(2)12-25-18-7-5-15(6-8-18)16-9-19-21(11-16)17(13-26-19)10-20(23)22(3,4)24/h5-9,11,13-14,24H,10,12H2,1-4H3/q+1. The number of fused-ring (bicyclic) bond motifs is 1. The number of hydroxylamine groups is 3. The van der Waals surface area contributed by atoms with E-state index in [2.05, 4.69) is 19.9 Å². The molecule has 138 valence electrons. The largest absolute Gasteiger partial charge is 0.493 e. The number of thiazole rings is 1. The Morgan fingerprint density at radius 1 is 1.23 bits per heavy atom. The highest BCUT2D eigenvalue weighted by Gasteiger charge is 2.25. The number of quaternary nitrogens is 1. The molecular weight excluding hydrogens is 348 g/mol. The van der Waals surface area contributed by atoms with Crippen molar-refractivity contribution in [3.05, 3.63) is 47.6 Å². The lowest BCUT2D eigenvalue weighted by atomic mass is 10.1. The molecule has 0 saturated heterocycles. The summed E-state index contributed by atoms with van der Waals surface area (Å²) in [7, 11) is 2.94. The Hall–Kier alpha value is -2.15. The Morgan fingerprint density at radius 2 is 1.92 bits per heavy atom. The minimum atomic E-state index is -0.663. The Bertz CT molecular complexity index is 901. The molecule has 2 aromatic heterocycles. The van der Waals surface area contributed by atoms with E-state index in [9.17, 15) is 10.0 Å². The van der Waals surface area contributed by atoms with E-state index in [1.807, 2.05) is 40.2 Å². The zero-order valence-electron chi connectivity index (χ0n) is 15.6. The van der Waals surface area contributed by atoms with Crippen LogP contribution in [0.25, 0.3) is 16.0 Å². The van der Waals surface area contributed by atoms with Gasteiger partial charge in [-0.25, -0.2) is 10.0 Å². The lowest BCUT2D eigenvalue weighted by Gasteiger charge is -2.15. The van der Waals surface area contributed by atoms with Crippen LogP contribution in [-0.4, -0.2) is 40.9 Å². The smallest absolute Gasteiger partial charge is 0.351 e. The van der Waals surface area contributed by atoms with Crippen molar-refractivity contribution in [1.82, 2.24) is 4.40 Å². The van der Waals surface area contributed by atoms with Crippen LogP contribution in [0.2, 0.25) is 0 Å². The minimum Gasteiger partial charge on any atom is -0.493 e. The van der Waals surface area contributed by atoms with Gasteiger partial charge in [0.05, 0.1) is 11.4 Å². The van der Waals surface area contributed by atoms with Crippen LogP contribution in [0.1, 0.15) is 19.5 Å². The lowest BCUT2D eigenvalue weighted by Crippen LogP contribution is -2.43. The molecule has 0 aliphatic carbocycles. The molecular formula is C20H25N2O3S+. The molecule has 0 saturated carbocycles. The molecule has 3 rings (SSSR count). The van der Waals surface area contributed by atoms with Crippen LogP contribution >= 0.6 is 11.3 Å². The Balaban J connectivity index is 1.80. The van der Waals surface area contributed by atoms with E-state index >= 15 is 0 Å². The van der Waals surface area contributed by atoms with Gasteiger partial charge in [0.25, 0.3) is 0 Å². The molecule has 1 aromatic carbocycles. The first-order valence-electron chi connectivity index (χ1n) is 8.66. The number of nitrogens with zero attached hydrogens (tertiary/aromatic N) is 2. The molecule has 1 N–H and O–H groups in total. The van der Waals surface area contributed by atoms with Crippen molar-refractivity contribution < 1.29 is 19.4 Å². The third-order valence-electron chi connectivity index (χ3n) is 4.12. The quantitative estimate of drug-likeness (QED) is 0.399. The number of amides is 1. The van der Waals surface area contributed by atoms with Gasteiger partial charge < -0.3 is 9.14 Å². The van der Waals surface area contributed by atoms with Crippen molar-refractivity contribution in [1.29, 1.82) is 0 Å². The van der Waals surface area contributed by atoms with Gasteiger partial charge in [0, 0.05) is 22.8 Å². The highest BCUT2D eigenvalue weighted by Crippen LogP contribution is 2.29. The molecule has 26 heavy (non-hydrogen) atoms. The van der Waals surface area contributed by atoms with Crippen LogP contribution < -0.4 is 4.74 Å². The third-order valence-corrected chi connectivity index (χ3v) is 5.07. The van der Waals surface area contributed by atoms with Gasteiger partial charge in [-0.3, -0.25) is 0 Å². The van der Waals surface area contributed by atoms with Crippen LogP contribution in [-0.2, 0) is 11.2 Å². The average Bonchev–Trinajstić information content (AvgIpc) is 3.14. The molecule has 0 fully saturated rings. The van der Waals surface area contributed by atoms with Crippen molar-refractivity contribution in [2.75, 3.05) is 20.7 Å². The Morgan fingerprint density at radius 3 is 2.54 bits per heavy atom. The monoisotopic (exact) mass is 373 g/mol. The second kappa shape index (κ2) is 7.23. The van der Waals surface area contributed by atoms with Crippen molar-refractivity contribution >= 4 is 22.1 Å². The first-order valence-corrected chi connectivity index (χ1v) is 9.54. The Kier molecular flexibility index (Phi) is 5.18. The molecule has 0 bridgehead atoms. The summed E-state index contributed by atoms with van der Waals surface area (Å²) in [6.07, 6.45) is 2.23. The molecule has 6 heteroatoms. The van der Waals surface area contributed by atoms with E-state index in [0.717, 1.165) is 27.4 Å². The normalized spacial score (nSPS) is 12.1. The van der Waals surface area contributed by atoms with Gasteiger partial charge in [-0.2, -0.15) is 0 Å². The van der Waals surface area contributed by atoms with Crippen LogP contribution in [0.15, 0.2) is 41.9 Å². The molecule has 2 heterocycles. The predicted molar refractivity (Wildman–Crippen MR) is 104 cm³/mol. The van der Waals surface area contributed by atoms with Gasteiger partial charge in [0.15, 0.2) is 0 Å². The molecule has 0 aliphatic heterocycles. The number of rotatable bonds is 6. The van der Waals surface area contributed by atoms with Crippen LogP contribution in [0.5, 0.6) is 5.75 Å². The predicted octanol–water partition coefficient (Wildman–Crippen LogP) is 4.24. The minimum absolute atomic E-state index is 0.194. The number of carbonyl (C=O) groups is 1. The summed E-state index contributed by atoms with van der Waals surface area (Å²) in [6, 6.07) is 10.2. The molecule has 0 radical (unpaired) electrons. The molecule has 0 spiro atoms. The van der Waals surface area contributed by atoms with Crippen molar-refractivity contribution in [3.8, 4) is 16.9 Å². The van der Waals surface area contributed by atoms with E-state index in [-0.39, 0.29) is 12.3 Å². The molecule has 0 aliphatic rings. The van der Waals surface area contributed by atoms with Gasteiger partial charge in [0.1, 0.15) is 26.3 Å². The Labute approximate surface area is 157 Å². The summed E-state index contributed by atoms with van der Waals surface area (Å²) in [4.78, 5) is 13.2. The van der Waals surface area contributed by atoms with Crippen molar-refractivity contribution in [3.63, 3.8) is 0 Å². The first-order chi connectivity index (χ1) is 12.2. The molecule has 5 nitrogen and oxygen atoms in total. The highest BCUT2D eigenvalue weighted by atomic mass is 32.1. The third kappa shape index (κ3) is 4.15. The summed E-state index contributed by atoms with van der Waals surface area (Å²) in [5.74, 6) is 1.13. The highest BCUT2D eigenvalue weighted by molar-refractivity contribution is 7.15. The van der Waals surface area contributed by atoms with E-state index in [0.29, 0.717) is 12.5 Å². The van der Waals surface area contributed by atoms with Gasteiger partial charge in [0.2, 0.25) is 0 Å². The number of ether oxygens (including phenoxy) is 1. The first kappa shape index (κ1) is 18.6. The summed E-state index contributed by atoms with van der Waals surface area (Å²) < 4.78 is 7.09. The van der Waals surface area contributed by atoms with E-state index < -0.39 is 4.65 Å². The SMILES string of the molecule is CC(C)COc1ccc(-c2cc3scc(CC(=O)[N+](C)(C)O)n3c2)cc1. The topological polar surface area (TPSA) is 50.9 Å². The van der Waals surface area contributed by atoms with Gasteiger partial charge in [-0.1, -0.05) is 26.0 Å². The van der Waals surface area contributed by atoms with Crippen molar-refractivity contribution in [2.24, 2.45) is 5.92 Å². The van der Waals surface area contributed by atoms with Crippen LogP contribution in [0, 0.1) is 5.92 Å². The number of hydrogen-bond acceptors (Lipinski definition) is 4. The number of carbonyl (C=O) groups excluding carboxylic acids is 1. The number of benzene rings is 1. The molecule has 0 unspecified atom stereocenters. The lowest BCUT2D eigenvalue weighted by molar-refractivity contribution is -1.01. The number of likely N-dealkylation sites (N-methyl/N-ethyl adjacent to an activating group) is 1. The fraction of sp³-hybridized carbons (Fsp3) is 0.350. The maximum absolute atomic E-state index is 12.1. The maximum atomic E-state index is 12.1. The van der Waals surface area contributed by atoms with Crippen LogP contribution in [0.3, 0.4) is 0 Å². The number of hydrogen-bond donors (Lipinski definition) is 1. The van der Waals surface area contributed by atoms with Gasteiger partial charge >= 0.3 is 5.91 Å². The molecule has 3 aromatic rings. The zero-order chi connectivity index (χ0) is 18.9. The van der Waals surface area contributed by atoms with Gasteiger partial charge in [-0.05, 0) is 29.7 Å². The summed E-state index contributed by atoms with van der Waals surface area (Å²) in [6.45, 7) is 4.96. The fourth-order valence-corrected chi connectivity index (χ4v) is 3.51. The molecule has 1 amide bonds. The summed E-state index contributed by atoms with van der Waals surface area (Å²) in [5, 5.41) is 11.8. The van der Waals surface area contributed by atoms with Crippen molar-refractivity contribution in [2.45, 2.75) is 20.3 Å². The number of aromatic nitrogens is 1. The average molecular weight is 373 g/mol. The fourth-order valence-electron chi connectivity index (χ4n) is 2.58. The maximum Gasteiger partial charge on any atom is 0.351 e. The zero-order valence-corrected chi connectivity index (χ0v) is 16.4. The summed E-state index contributed by atoms with van der Waals surface area (Å²) in [5.41, 5.74) is 3.09. The van der Waals surface area contributed by atoms with E-state index in [1.165, 1.54) is 14.1 Å².